The van der Waals surface area contributed by atoms with Gasteiger partial charge in [0.1, 0.15) is 0 Å². The number of hydrogen-bond acceptors (Lipinski definition) is 4. The first-order chi connectivity index (χ1) is 14.8. The maximum absolute atomic E-state index is 4.60. The Hall–Kier alpha value is -3.32. The third kappa shape index (κ3) is 3.64. The van der Waals surface area contributed by atoms with Crippen molar-refractivity contribution >= 4 is 22.7 Å². The predicted molar refractivity (Wildman–Crippen MR) is 121 cm³/mol. The van der Waals surface area contributed by atoms with E-state index in [1.54, 1.807) is 11.8 Å². The van der Waals surface area contributed by atoms with Crippen LogP contribution in [0.15, 0.2) is 72.3 Å². The van der Waals surface area contributed by atoms with Crippen LogP contribution in [0.2, 0.25) is 0 Å². The van der Waals surface area contributed by atoms with Gasteiger partial charge in [0.05, 0.1) is 6.20 Å². The lowest BCUT2D eigenvalue weighted by atomic mass is 10.1. The molecule has 6 nitrogen and oxygen atoms in total. The molecule has 5 aromatic rings. The molecule has 0 spiro atoms. The van der Waals surface area contributed by atoms with E-state index in [-0.39, 0.29) is 0 Å². The monoisotopic (exact) mass is 414 g/mol. The van der Waals surface area contributed by atoms with Gasteiger partial charge in [-0.15, -0.1) is 10.2 Å². The molecule has 7 heteroatoms. The Balaban J connectivity index is 1.49. The first-order valence-electron chi connectivity index (χ1n) is 9.99. The fourth-order valence-electron chi connectivity index (χ4n) is 3.65. The molecule has 150 valence electrons. The van der Waals surface area contributed by atoms with Crippen molar-refractivity contribution in [1.82, 2.24) is 29.9 Å². The lowest BCUT2D eigenvalue weighted by molar-refractivity contribution is 0.875. The van der Waals surface area contributed by atoms with E-state index in [9.17, 15) is 0 Å². The largest absolute Gasteiger partial charge is 0.360 e. The number of rotatable bonds is 7. The summed E-state index contributed by atoms with van der Waals surface area (Å²) in [5.41, 5.74) is 5.68. The van der Waals surface area contributed by atoms with Crippen molar-refractivity contribution in [2.75, 3.05) is 5.75 Å². The van der Waals surface area contributed by atoms with Crippen molar-refractivity contribution in [2.24, 2.45) is 0 Å². The summed E-state index contributed by atoms with van der Waals surface area (Å²) in [6.07, 6.45) is 7.91. The van der Waals surface area contributed by atoms with Gasteiger partial charge in [-0.05, 0) is 49.1 Å². The molecule has 0 fully saturated rings. The van der Waals surface area contributed by atoms with Gasteiger partial charge in [0, 0.05) is 40.3 Å². The predicted octanol–water partition coefficient (Wildman–Crippen LogP) is 5.17. The Bertz CT molecular complexity index is 1270. The van der Waals surface area contributed by atoms with Crippen LogP contribution in [-0.2, 0) is 6.42 Å². The molecule has 0 aliphatic carbocycles. The Morgan fingerprint density at radius 1 is 1.03 bits per heavy atom. The molecule has 0 amide bonds. The van der Waals surface area contributed by atoms with Crippen molar-refractivity contribution in [1.29, 1.82) is 0 Å². The van der Waals surface area contributed by atoms with Gasteiger partial charge < -0.3 is 4.98 Å². The van der Waals surface area contributed by atoms with E-state index in [4.69, 9.17) is 0 Å². The zero-order valence-electron chi connectivity index (χ0n) is 16.7. The number of fused-ring (bicyclic) bond motifs is 1. The number of aromatic amines is 2. The normalized spacial score (nSPS) is 11.4. The van der Waals surface area contributed by atoms with Crippen molar-refractivity contribution in [3.8, 4) is 17.1 Å². The lowest BCUT2D eigenvalue weighted by Gasteiger charge is -2.11. The molecule has 0 unspecified atom stereocenters. The molecule has 2 aromatic carbocycles. The summed E-state index contributed by atoms with van der Waals surface area (Å²) in [5.74, 6) is 1.82. The Labute approximate surface area is 178 Å². The first kappa shape index (κ1) is 18.7. The molecule has 0 aliphatic heterocycles. The Kier molecular flexibility index (Phi) is 5.11. The van der Waals surface area contributed by atoms with E-state index in [0.717, 1.165) is 51.7 Å². The van der Waals surface area contributed by atoms with Gasteiger partial charge >= 0.3 is 0 Å². The summed E-state index contributed by atoms with van der Waals surface area (Å²) in [6.45, 7) is 2.11. The summed E-state index contributed by atoms with van der Waals surface area (Å²) in [4.78, 5) is 3.36. The van der Waals surface area contributed by atoms with E-state index >= 15 is 0 Å². The average molecular weight is 415 g/mol. The first-order valence-corrected chi connectivity index (χ1v) is 11.0. The highest BCUT2D eigenvalue weighted by Gasteiger charge is 2.18. The average Bonchev–Trinajstić information content (AvgIpc) is 3.50. The molecular weight excluding hydrogens is 392 g/mol. The fraction of sp³-hybridized carbons (Fsp3) is 0.174. The molecule has 0 saturated carbocycles. The van der Waals surface area contributed by atoms with Crippen LogP contribution >= 0.6 is 11.8 Å². The highest BCUT2D eigenvalue weighted by molar-refractivity contribution is 7.99. The van der Waals surface area contributed by atoms with Crippen LogP contribution in [0, 0.1) is 6.92 Å². The molecule has 0 saturated heterocycles. The zero-order valence-corrected chi connectivity index (χ0v) is 17.5. The number of aromatic nitrogens is 6. The van der Waals surface area contributed by atoms with E-state index < -0.39 is 0 Å². The summed E-state index contributed by atoms with van der Waals surface area (Å²) in [5, 5.41) is 18.1. The van der Waals surface area contributed by atoms with E-state index in [0.29, 0.717) is 0 Å². The minimum atomic E-state index is 0.857. The number of thioether (sulfide) groups is 1. The molecule has 3 aromatic heterocycles. The van der Waals surface area contributed by atoms with E-state index in [1.165, 1.54) is 11.1 Å². The third-order valence-corrected chi connectivity index (χ3v) is 6.13. The number of para-hydroxylation sites is 1. The number of aryl methyl sites for hydroxylation is 2. The molecule has 0 radical (unpaired) electrons. The van der Waals surface area contributed by atoms with Gasteiger partial charge in [-0.2, -0.15) is 5.10 Å². The highest BCUT2D eigenvalue weighted by atomic mass is 32.2. The van der Waals surface area contributed by atoms with Crippen LogP contribution in [0.4, 0.5) is 0 Å². The number of benzene rings is 2. The van der Waals surface area contributed by atoms with E-state index in [1.807, 2.05) is 24.7 Å². The number of nitrogens with one attached hydrogen (secondary N) is 2. The second-order valence-corrected chi connectivity index (χ2v) is 8.35. The summed E-state index contributed by atoms with van der Waals surface area (Å²) < 4.78 is 2.17. The molecule has 3 heterocycles. The smallest absolute Gasteiger partial charge is 0.196 e. The van der Waals surface area contributed by atoms with E-state index in [2.05, 4.69) is 79.3 Å². The standard InChI is InChI=1S/C23H22N6S/c1-16-6-4-8-18(12-16)29-22(20-15-24-21-10-3-2-9-19(20)21)27-28-23(29)30-11-5-7-17-13-25-26-14-17/h2-4,6,8-10,12-15,24H,5,7,11H2,1H3,(H,25,26). The van der Waals surface area contributed by atoms with Crippen LogP contribution in [0.1, 0.15) is 17.5 Å². The minimum absolute atomic E-state index is 0.857. The number of H-pyrrole nitrogens is 2. The molecule has 30 heavy (non-hydrogen) atoms. The maximum atomic E-state index is 4.60. The molecule has 0 aliphatic rings. The van der Waals surface area contributed by atoms with Gasteiger partial charge in [0.2, 0.25) is 0 Å². The summed E-state index contributed by atoms with van der Waals surface area (Å²) in [7, 11) is 0. The van der Waals surface area contributed by atoms with Crippen molar-refractivity contribution < 1.29 is 0 Å². The van der Waals surface area contributed by atoms with Gasteiger partial charge in [0.25, 0.3) is 0 Å². The van der Waals surface area contributed by atoms with Crippen LogP contribution in [-0.4, -0.2) is 35.7 Å². The number of hydrogen-bond donors (Lipinski definition) is 2. The SMILES string of the molecule is Cc1cccc(-n2c(SCCCc3cn[nH]c3)nnc2-c2c[nH]c3ccccc23)c1. The van der Waals surface area contributed by atoms with Crippen molar-refractivity contribution in [3.05, 3.63) is 78.2 Å². The summed E-state index contributed by atoms with van der Waals surface area (Å²) in [6, 6.07) is 16.8. The Morgan fingerprint density at radius 3 is 2.83 bits per heavy atom. The fourth-order valence-corrected chi connectivity index (χ4v) is 4.54. The van der Waals surface area contributed by atoms with Crippen LogP contribution in [0.25, 0.3) is 28.0 Å². The minimum Gasteiger partial charge on any atom is -0.360 e. The molecule has 0 bridgehead atoms. The lowest BCUT2D eigenvalue weighted by Crippen LogP contribution is -2.00. The van der Waals surface area contributed by atoms with Crippen LogP contribution < -0.4 is 0 Å². The maximum Gasteiger partial charge on any atom is 0.196 e. The third-order valence-electron chi connectivity index (χ3n) is 5.12. The topological polar surface area (TPSA) is 75.2 Å². The van der Waals surface area contributed by atoms with Gasteiger partial charge in [0.15, 0.2) is 11.0 Å². The highest BCUT2D eigenvalue weighted by Crippen LogP contribution is 2.32. The van der Waals surface area contributed by atoms with Gasteiger partial charge in [-0.25, -0.2) is 0 Å². The second kappa shape index (κ2) is 8.20. The molecule has 2 N–H and O–H groups in total. The second-order valence-electron chi connectivity index (χ2n) is 7.29. The van der Waals surface area contributed by atoms with Crippen LogP contribution in [0.3, 0.4) is 0 Å². The molecule has 5 rings (SSSR count). The summed E-state index contributed by atoms with van der Waals surface area (Å²) >= 11 is 1.74. The molecule has 0 atom stereocenters. The molecular formula is C23H22N6S. The van der Waals surface area contributed by atoms with Gasteiger partial charge in [-0.3, -0.25) is 9.67 Å². The number of nitrogens with zero attached hydrogens (tertiary/aromatic N) is 4. The zero-order chi connectivity index (χ0) is 20.3. The quantitative estimate of drug-likeness (QED) is 0.284. The Morgan fingerprint density at radius 2 is 1.97 bits per heavy atom. The van der Waals surface area contributed by atoms with Crippen LogP contribution in [0.5, 0.6) is 0 Å². The van der Waals surface area contributed by atoms with Gasteiger partial charge in [-0.1, -0.05) is 42.1 Å². The van der Waals surface area contributed by atoms with Crippen molar-refractivity contribution in [2.45, 2.75) is 24.9 Å². The van der Waals surface area contributed by atoms with Crippen molar-refractivity contribution in [3.63, 3.8) is 0 Å².